The maximum absolute atomic E-state index is 5.65. The van der Waals surface area contributed by atoms with Crippen molar-refractivity contribution < 1.29 is 0 Å². The van der Waals surface area contributed by atoms with Gasteiger partial charge in [0.25, 0.3) is 0 Å². The Morgan fingerprint density at radius 3 is 2.76 bits per heavy atom. The largest absolute Gasteiger partial charge is 0.330 e. The summed E-state index contributed by atoms with van der Waals surface area (Å²) in [7, 11) is 0. The molecule has 0 unspecified atom stereocenters. The molecule has 0 radical (unpaired) electrons. The molecule has 1 aliphatic rings. The summed E-state index contributed by atoms with van der Waals surface area (Å²) in [5, 5.41) is 4.73. The topological polar surface area (TPSA) is 43.8 Å². The fourth-order valence-electron chi connectivity index (χ4n) is 2.63. The van der Waals surface area contributed by atoms with Gasteiger partial charge in [-0.2, -0.15) is 5.10 Å². The first-order valence-electron chi connectivity index (χ1n) is 6.25. The number of hydrogen-bond donors (Lipinski definition) is 1. The number of nitrogens with two attached hydrogens (primary N) is 1. The van der Waals surface area contributed by atoms with E-state index in [1.54, 1.807) is 0 Å². The van der Waals surface area contributed by atoms with Crippen LogP contribution in [0.4, 0.5) is 0 Å². The minimum Gasteiger partial charge on any atom is -0.330 e. The van der Waals surface area contributed by atoms with E-state index in [1.807, 2.05) is 6.07 Å². The second-order valence-corrected chi connectivity index (χ2v) is 4.51. The Labute approximate surface area is 101 Å². The van der Waals surface area contributed by atoms with Crippen LogP contribution in [0, 0.1) is 0 Å². The van der Waals surface area contributed by atoms with Crippen molar-refractivity contribution in [1.82, 2.24) is 9.78 Å². The fourth-order valence-corrected chi connectivity index (χ4v) is 2.63. The van der Waals surface area contributed by atoms with Crippen LogP contribution >= 0.6 is 0 Å². The van der Waals surface area contributed by atoms with Crippen molar-refractivity contribution >= 4 is 0 Å². The zero-order chi connectivity index (χ0) is 11.7. The molecule has 2 N–H and O–H groups in total. The van der Waals surface area contributed by atoms with E-state index < -0.39 is 0 Å². The zero-order valence-corrected chi connectivity index (χ0v) is 9.89. The van der Waals surface area contributed by atoms with E-state index in [9.17, 15) is 0 Å². The maximum Gasteiger partial charge on any atom is 0.0676 e. The van der Waals surface area contributed by atoms with Crippen LogP contribution in [0.2, 0.25) is 0 Å². The van der Waals surface area contributed by atoms with Crippen molar-refractivity contribution in [3.05, 3.63) is 47.3 Å². The molecule has 1 aliphatic carbocycles. The summed E-state index contributed by atoms with van der Waals surface area (Å²) in [4.78, 5) is 0. The van der Waals surface area contributed by atoms with Crippen molar-refractivity contribution in [3.63, 3.8) is 0 Å². The molecule has 3 rings (SSSR count). The molecular formula is C14H17N3. The predicted octanol–water partition coefficient (Wildman–Crippen LogP) is 1.86. The van der Waals surface area contributed by atoms with Crippen LogP contribution in [-0.4, -0.2) is 16.3 Å². The van der Waals surface area contributed by atoms with E-state index in [0.29, 0.717) is 6.54 Å². The second-order valence-electron chi connectivity index (χ2n) is 4.51. The van der Waals surface area contributed by atoms with Gasteiger partial charge in [0.15, 0.2) is 0 Å². The second kappa shape index (κ2) is 4.34. The highest BCUT2D eigenvalue weighted by Gasteiger charge is 2.22. The number of aromatic nitrogens is 2. The van der Waals surface area contributed by atoms with Crippen LogP contribution < -0.4 is 5.73 Å². The number of rotatable bonds is 3. The summed E-state index contributed by atoms with van der Waals surface area (Å²) in [6, 6.07) is 10.4. The van der Waals surface area contributed by atoms with Gasteiger partial charge >= 0.3 is 0 Å². The molecule has 17 heavy (non-hydrogen) atoms. The van der Waals surface area contributed by atoms with E-state index in [1.165, 1.54) is 23.4 Å². The summed E-state index contributed by atoms with van der Waals surface area (Å²) in [5.41, 5.74) is 10.8. The molecule has 0 bridgehead atoms. The van der Waals surface area contributed by atoms with Crippen LogP contribution in [0.5, 0.6) is 0 Å². The molecule has 0 fully saturated rings. The SMILES string of the molecule is NCCc1nn(-c2ccccc2)c2c1CCC2. The molecule has 3 heteroatoms. The summed E-state index contributed by atoms with van der Waals surface area (Å²) < 4.78 is 2.10. The van der Waals surface area contributed by atoms with Crippen LogP contribution in [-0.2, 0) is 19.3 Å². The highest BCUT2D eigenvalue weighted by atomic mass is 15.3. The minimum atomic E-state index is 0.679. The summed E-state index contributed by atoms with van der Waals surface area (Å²) >= 11 is 0. The van der Waals surface area contributed by atoms with Gasteiger partial charge in [-0.05, 0) is 43.5 Å². The zero-order valence-electron chi connectivity index (χ0n) is 9.89. The molecule has 0 atom stereocenters. The standard InChI is InChI=1S/C14H17N3/c15-10-9-13-12-7-4-8-14(12)17(16-13)11-5-2-1-3-6-11/h1-3,5-6H,4,7-10,15H2. The lowest BCUT2D eigenvalue weighted by Gasteiger charge is -2.04. The summed E-state index contributed by atoms with van der Waals surface area (Å²) in [6.07, 6.45) is 4.44. The van der Waals surface area contributed by atoms with Crippen LogP contribution in [0.25, 0.3) is 5.69 Å². The number of nitrogens with zero attached hydrogens (tertiary/aromatic N) is 2. The molecule has 3 nitrogen and oxygen atoms in total. The molecule has 1 aromatic heterocycles. The number of fused-ring (bicyclic) bond motifs is 1. The highest BCUT2D eigenvalue weighted by Crippen LogP contribution is 2.27. The Morgan fingerprint density at radius 2 is 2.00 bits per heavy atom. The van der Waals surface area contributed by atoms with Crippen LogP contribution in [0.15, 0.2) is 30.3 Å². The number of para-hydroxylation sites is 1. The smallest absolute Gasteiger partial charge is 0.0676 e. The van der Waals surface area contributed by atoms with Crippen molar-refractivity contribution in [2.24, 2.45) is 5.73 Å². The average Bonchev–Trinajstić information content (AvgIpc) is 2.94. The van der Waals surface area contributed by atoms with Crippen molar-refractivity contribution in [2.45, 2.75) is 25.7 Å². The Kier molecular flexibility index (Phi) is 2.69. The van der Waals surface area contributed by atoms with E-state index in [0.717, 1.165) is 24.9 Å². The lowest BCUT2D eigenvalue weighted by molar-refractivity contribution is 0.754. The monoisotopic (exact) mass is 227 g/mol. The van der Waals surface area contributed by atoms with Crippen molar-refractivity contribution in [2.75, 3.05) is 6.54 Å². The quantitative estimate of drug-likeness (QED) is 0.869. The average molecular weight is 227 g/mol. The number of hydrogen-bond acceptors (Lipinski definition) is 2. The van der Waals surface area contributed by atoms with Gasteiger partial charge in [-0.3, -0.25) is 0 Å². The van der Waals surface area contributed by atoms with Gasteiger partial charge < -0.3 is 5.73 Å². The van der Waals surface area contributed by atoms with Gasteiger partial charge in [0.1, 0.15) is 0 Å². The van der Waals surface area contributed by atoms with E-state index in [2.05, 4.69) is 28.9 Å². The Balaban J connectivity index is 2.09. The molecule has 0 spiro atoms. The van der Waals surface area contributed by atoms with Gasteiger partial charge in [-0.25, -0.2) is 4.68 Å². The van der Waals surface area contributed by atoms with E-state index in [-0.39, 0.29) is 0 Å². The Bertz CT molecular complexity index is 514. The first-order valence-corrected chi connectivity index (χ1v) is 6.25. The van der Waals surface area contributed by atoms with Crippen LogP contribution in [0.1, 0.15) is 23.4 Å². The minimum absolute atomic E-state index is 0.679. The van der Waals surface area contributed by atoms with Gasteiger partial charge in [0.2, 0.25) is 0 Å². The third-order valence-electron chi connectivity index (χ3n) is 3.40. The normalized spacial score (nSPS) is 13.9. The van der Waals surface area contributed by atoms with Gasteiger partial charge in [0.05, 0.1) is 11.4 Å². The molecule has 0 saturated carbocycles. The van der Waals surface area contributed by atoms with E-state index in [4.69, 9.17) is 10.8 Å². The predicted molar refractivity (Wildman–Crippen MR) is 68.3 cm³/mol. The fraction of sp³-hybridized carbons (Fsp3) is 0.357. The maximum atomic E-state index is 5.65. The molecule has 1 aromatic carbocycles. The molecular weight excluding hydrogens is 210 g/mol. The number of benzene rings is 1. The van der Waals surface area contributed by atoms with Gasteiger partial charge in [0, 0.05) is 12.1 Å². The summed E-state index contributed by atoms with van der Waals surface area (Å²) in [5.74, 6) is 0. The van der Waals surface area contributed by atoms with E-state index >= 15 is 0 Å². The molecule has 0 saturated heterocycles. The lowest BCUT2D eigenvalue weighted by Crippen LogP contribution is -2.06. The Hall–Kier alpha value is -1.61. The lowest BCUT2D eigenvalue weighted by atomic mass is 10.1. The molecule has 0 aliphatic heterocycles. The molecule has 2 aromatic rings. The first kappa shape index (κ1) is 10.5. The van der Waals surface area contributed by atoms with Crippen molar-refractivity contribution in [1.29, 1.82) is 0 Å². The molecule has 88 valence electrons. The van der Waals surface area contributed by atoms with Gasteiger partial charge in [-0.1, -0.05) is 18.2 Å². The van der Waals surface area contributed by atoms with Crippen molar-refractivity contribution in [3.8, 4) is 5.69 Å². The Morgan fingerprint density at radius 1 is 1.18 bits per heavy atom. The highest BCUT2D eigenvalue weighted by molar-refractivity contribution is 5.39. The third kappa shape index (κ3) is 1.76. The molecule has 0 amide bonds. The van der Waals surface area contributed by atoms with Gasteiger partial charge in [-0.15, -0.1) is 0 Å². The summed E-state index contributed by atoms with van der Waals surface area (Å²) in [6.45, 7) is 0.679. The third-order valence-corrected chi connectivity index (χ3v) is 3.40. The first-order chi connectivity index (χ1) is 8.40. The van der Waals surface area contributed by atoms with Crippen LogP contribution in [0.3, 0.4) is 0 Å². The molecule has 1 heterocycles.